The van der Waals surface area contributed by atoms with Gasteiger partial charge >= 0.3 is 0 Å². The number of benzene rings is 1. The molecule has 1 aromatic carbocycles. The second-order valence-corrected chi connectivity index (χ2v) is 7.15. The smallest absolute Gasteiger partial charge is 0.257 e. The molecule has 1 amide bonds. The number of hydrogen-bond acceptors (Lipinski definition) is 4. The maximum atomic E-state index is 12.6. The molecule has 0 unspecified atom stereocenters. The Kier molecular flexibility index (Phi) is 4.61. The van der Waals surface area contributed by atoms with Gasteiger partial charge in [-0.2, -0.15) is 11.8 Å². The van der Waals surface area contributed by atoms with Crippen LogP contribution >= 0.6 is 11.8 Å². The van der Waals surface area contributed by atoms with Crippen LogP contribution in [0.15, 0.2) is 48.8 Å². The Balaban J connectivity index is 1.47. The van der Waals surface area contributed by atoms with Gasteiger partial charge < -0.3 is 15.0 Å². The molecule has 0 spiro atoms. The standard InChI is InChI=1S/C19H19N3O2S/c23-18(22-11-13-10-21-17-6-2-1-4-15(13)17)16-5-3-8-20-19(16)24-14-7-9-25-12-14/h1-6,8,10,14,21H,7,9,11-12H2,(H,22,23)/t14-/m1/s1. The first-order chi connectivity index (χ1) is 12.3. The monoisotopic (exact) mass is 353 g/mol. The highest BCUT2D eigenvalue weighted by Crippen LogP contribution is 2.24. The van der Waals surface area contributed by atoms with Gasteiger partial charge in [-0.25, -0.2) is 4.98 Å². The molecular formula is C19H19N3O2S. The molecule has 0 radical (unpaired) electrons. The summed E-state index contributed by atoms with van der Waals surface area (Å²) < 4.78 is 5.94. The van der Waals surface area contributed by atoms with Gasteiger partial charge in [0.2, 0.25) is 5.88 Å². The summed E-state index contributed by atoms with van der Waals surface area (Å²) in [6.45, 7) is 0.455. The van der Waals surface area contributed by atoms with E-state index in [1.807, 2.05) is 42.2 Å². The van der Waals surface area contributed by atoms with Crippen molar-refractivity contribution in [2.75, 3.05) is 11.5 Å². The van der Waals surface area contributed by atoms with Gasteiger partial charge in [0.15, 0.2) is 0 Å². The Hall–Kier alpha value is -2.47. The number of pyridine rings is 1. The molecule has 1 fully saturated rings. The quantitative estimate of drug-likeness (QED) is 0.738. The number of amides is 1. The van der Waals surface area contributed by atoms with Crippen molar-refractivity contribution in [3.05, 3.63) is 59.9 Å². The molecule has 2 aromatic heterocycles. The fourth-order valence-electron chi connectivity index (χ4n) is 2.97. The molecule has 0 saturated carbocycles. The van der Waals surface area contributed by atoms with Crippen molar-refractivity contribution in [3.63, 3.8) is 0 Å². The van der Waals surface area contributed by atoms with Crippen molar-refractivity contribution >= 4 is 28.6 Å². The maximum Gasteiger partial charge on any atom is 0.257 e. The zero-order valence-electron chi connectivity index (χ0n) is 13.7. The van der Waals surface area contributed by atoms with E-state index in [0.29, 0.717) is 18.0 Å². The third-order valence-electron chi connectivity index (χ3n) is 4.30. The van der Waals surface area contributed by atoms with Crippen LogP contribution < -0.4 is 10.1 Å². The van der Waals surface area contributed by atoms with Gasteiger partial charge in [0.05, 0.1) is 0 Å². The zero-order chi connectivity index (χ0) is 17.1. The number of hydrogen-bond donors (Lipinski definition) is 2. The number of nitrogens with zero attached hydrogens (tertiary/aromatic N) is 1. The topological polar surface area (TPSA) is 67.0 Å². The van der Waals surface area contributed by atoms with Crippen LogP contribution in [0.1, 0.15) is 22.3 Å². The van der Waals surface area contributed by atoms with Gasteiger partial charge in [0.25, 0.3) is 5.91 Å². The first-order valence-electron chi connectivity index (χ1n) is 8.34. The third kappa shape index (κ3) is 3.49. The Morgan fingerprint density at radius 3 is 3.12 bits per heavy atom. The molecule has 3 heterocycles. The van der Waals surface area contributed by atoms with Gasteiger partial charge in [-0.1, -0.05) is 18.2 Å². The van der Waals surface area contributed by atoms with Crippen molar-refractivity contribution in [1.29, 1.82) is 0 Å². The largest absolute Gasteiger partial charge is 0.473 e. The van der Waals surface area contributed by atoms with Crippen molar-refractivity contribution in [2.45, 2.75) is 19.1 Å². The van der Waals surface area contributed by atoms with Gasteiger partial charge in [0, 0.05) is 35.6 Å². The molecule has 5 nitrogen and oxygen atoms in total. The highest BCUT2D eigenvalue weighted by Gasteiger charge is 2.21. The number of para-hydroxylation sites is 1. The lowest BCUT2D eigenvalue weighted by molar-refractivity contribution is 0.0943. The Bertz CT molecular complexity index is 887. The van der Waals surface area contributed by atoms with Crippen molar-refractivity contribution in [1.82, 2.24) is 15.3 Å². The average Bonchev–Trinajstić information content (AvgIpc) is 3.30. The number of ether oxygens (including phenoxy) is 1. The zero-order valence-corrected chi connectivity index (χ0v) is 14.5. The van der Waals surface area contributed by atoms with Crippen molar-refractivity contribution in [3.8, 4) is 5.88 Å². The molecule has 1 aliphatic heterocycles. The molecule has 3 aromatic rings. The first-order valence-corrected chi connectivity index (χ1v) is 9.49. The highest BCUT2D eigenvalue weighted by atomic mass is 32.2. The minimum absolute atomic E-state index is 0.139. The van der Waals surface area contributed by atoms with Gasteiger partial charge in [-0.05, 0) is 35.9 Å². The van der Waals surface area contributed by atoms with Crippen LogP contribution in [-0.2, 0) is 6.54 Å². The van der Waals surface area contributed by atoms with Gasteiger partial charge in [-0.15, -0.1) is 0 Å². The van der Waals surface area contributed by atoms with Crippen molar-refractivity contribution < 1.29 is 9.53 Å². The third-order valence-corrected chi connectivity index (χ3v) is 5.43. The molecule has 1 saturated heterocycles. The lowest BCUT2D eigenvalue weighted by Crippen LogP contribution is -2.25. The van der Waals surface area contributed by atoms with Crippen LogP contribution in [0.5, 0.6) is 5.88 Å². The fraction of sp³-hybridized carbons (Fsp3) is 0.263. The number of fused-ring (bicyclic) bond motifs is 1. The van der Waals surface area contributed by atoms with E-state index >= 15 is 0 Å². The van der Waals surface area contributed by atoms with E-state index in [2.05, 4.69) is 15.3 Å². The molecule has 1 atom stereocenters. The van der Waals surface area contributed by atoms with E-state index in [1.54, 1.807) is 18.3 Å². The van der Waals surface area contributed by atoms with E-state index in [-0.39, 0.29) is 12.0 Å². The van der Waals surface area contributed by atoms with E-state index in [0.717, 1.165) is 34.4 Å². The Morgan fingerprint density at radius 1 is 1.32 bits per heavy atom. The second kappa shape index (κ2) is 7.19. The van der Waals surface area contributed by atoms with Crippen LogP contribution in [0.2, 0.25) is 0 Å². The molecule has 4 rings (SSSR count). The minimum atomic E-state index is -0.168. The van der Waals surface area contributed by atoms with Crippen LogP contribution in [0, 0.1) is 0 Å². The number of carbonyl (C=O) groups excluding carboxylic acids is 1. The lowest BCUT2D eigenvalue weighted by Gasteiger charge is -2.14. The molecule has 6 heteroatoms. The van der Waals surface area contributed by atoms with Crippen molar-refractivity contribution in [2.24, 2.45) is 0 Å². The Morgan fingerprint density at radius 2 is 2.24 bits per heavy atom. The maximum absolute atomic E-state index is 12.6. The number of aromatic nitrogens is 2. The van der Waals surface area contributed by atoms with E-state index in [1.165, 1.54) is 0 Å². The summed E-state index contributed by atoms with van der Waals surface area (Å²) in [5, 5.41) is 4.09. The summed E-state index contributed by atoms with van der Waals surface area (Å²) in [4.78, 5) is 20.1. The normalized spacial score (nSPS) is 16.9. The highest BCUT2D eigenvalue weighted by molar-refractivity contribution is 7.99. The van der Waals surface area contributed by atoms with Crippen LogP contribution in [0.4, 0.5) is 0 Å². The number of aromatic amines is 1. The van der Waals surface area contributed by atoms with Crippen LogP contribution in [-0.4, -0.2) is 33.5 Å². The molecule has 128 valence electrons. The van der Waals surface area contributed by atoms with Gasteiger partial charge in [0.1, 0.15) is 11.7 Å². The summed E-state index contributed by atoms with van der Waals surface area (Å²) in [7, 11) is 0. The summed E-state index contributed by atoms with van der Waals surface area (Å²) in [5.74, 6) is 2.30. The SMILES string of the molecule is O=C(NCc1c[nH]c2ccccc12)c1cccnc1O[C@@H]1CCSC1. The predicted molar refractivity (Wildman–Crippen MR) is 100 cm³/mol. The summed E-state index contributed by atoms with van der Waals surface area (Å²) in [5.41, 5.74) is 2.61. The summed E-state index contributed by atoms with van der Waals surface area (Å²) in [6, 6.07) is 11.6. The fourth-order valence-corrected chi connectivity index (χ4v) is 4.06. The summed E-state index contributed by atoms with van der Waals surface area (Å²) in [6.07, 6.45) is 4.73. The average molecular weight is 353 g/mol. The Labute approximate surface area is 150 Å². The molecule has 25 heavy (non-hydrogen) atoms. The number of rotatable bonds is 5. The minimum Gasteiger partial charge on any atom is -0.473 e. The number of carbonyl (C=O) groups is 1. The first kappa shape index (κ1) is 16.0. The van der Waals surface area contributed by atoms with Gasteiger partial charge in [-0.3, -0.25) is 4.79 Å². The molecule has 2 N–H and O–H groups in total. The summed E-state index contributed by atoms with van der Waals surface area (Å²) >= 11 is 1.87. The predicted octanol–water partition coefficient (Wildman–Crippen LogP) is 3.38. The van der Waals surface area contributed by atoms with E-state index < -0.39 is 0 Å². The number of thioether (sulfide) groups is 1. The molecule has 0 aliphatic carbocycles. The molecular weight excluding hydrogens is 334 g/mol. The number of nitrogens with one attached hydrogen (secondary N) is 2. The van der Waals surface area contributed by atoms with Crippen LogP contribution in [0.3, 0.4) is 0 Å². The lowest BCUT2D eigenvalue weighted by atomic mass is 10.1. The number of H-pyrrole nitrogens is 1. The second-order valence-electron chi connectivity index (χ2n) is 6.00. The molecule has 0 bridgehead atoms. The van der Waals surface area contributed by atoms with Crippen LogP contribution in [0.25, 0.3) is 10.9 Å². The molecule has 1 aliphatic rings. The van der Waals surface area contributed by atoms with E-state index in [9.17, 15) is 4.79 Å². The van der Waals surface area contributed by atoms with E-state index in [4.69, 9.17) is 4.74 Å².